The van der Waals surface area contributed by atoms with Crippen LogP contribution in [0.4, 0.5) is 0 Å². The summed E-state index contributed by atoms with van der Waals surface area (Å²) in [7, 11) is 0. The summed E-state index contributed by atoms with van der Waals surface area (Å²) in [6.07, 6.45) is 4.61. The monoisotopic (exact) mass is 346 g/mol. The molecule has 2 aromatic heterocycles. The fourth-order valence-electron chi connectivity index (χ4n) is 3.02. The molecule has 2 amide bonds. The second-order valence-electron chi connectivity index (χ2n) is 7.25. The summed E-state index contributed by atoms with van der Waals surface area (Å²) in [5, 5.41) is 0. The average molecular weight is 346 g/mol. The van der Waals surface area contributed by atoms with Gasteiger partial charge < -0.3 is 4.42 Å². The van der Waals surface area contributed by atoms with E-state index >= 15 is 0 Å². The number of carbonyl (C=O) groups is 2. The standard InChI is InChI=1S/C18H22N2O3S/c1-18(2,3)12-6-7-14-11(9-12)10-15(24-14)17(22)20-19-16(21)13-5-4-8-23-13/h4-5,8,10,12H,6-7,9H2,1-3H3,(H,19,21)(H,20,22). The molecule has 1 aliphatic carbocycles. The number of aryl methyl sites for hydroxylation is 1. The van der Waals surface area contributed by atoms with Crippen molar-refractivity contribution in [3.8, 4) is 0 Å². The van der Waals surface area contributed by atoms with Crippen LogP contribution in [0.3, 0.4) is 0 Å². The Morgan fingerprint density at radius 3 is 2.67 bits per heavy atom. The van der Waals surface area contributed by atoms with Gasteiger partial charge in [0.1, 0.15) is 0 Å². The lowest BCUT2D eigenvalue weighted by molar-refractivity contribution is 0.0833. The minimum absolute atomic E-state index is 0.161. The van der Waals surface area contributed by atoms with Gasteiger partial charge in [-0.3, -0.25) is 20.4 Å². The molecule has 0 aliphatic heterocycles. The number of thiophene rings is 1. The molecule has 0 spiro atoms. The molecule has 0 fully saturated rings. The third-order valence-corrected chi connectivity index (χ3v) is 5.80. The maximum atomic E-state index is 12.3. The van der Waals surface area contributed by atoms with E-state index in [4.69, 9.17) is 4.42 Å². The van der Waals surface area contributed by atoms with Crippen LogP contribution in [0.2, 0.25) is 0 Å². The second kappa shape index (κ2) is 6.43. The number of carbonyl (C=O) groups excluding carboxylic acids is 2. The molecule has 1 aliphatic rings. The van der Waals surface area contributed by atoms with Gasteiger partial charge in [0, 0.05) is 4.88 Å². The van der Waals surface area contributed by atoms with Crippen LogP contribution >= 0.6 is 11.3 Å². The van der Waals surface area contributed by atoms with Crippen molar-refractivity contribution in [1.82, 2.24) is 10.9 Å². The Balaban J connectivity index is 1.63. The van der Waals surface area contributed by atoms with E-state index in [1.807, 2.05) is 6.07 Å². The van der Waals surface area contributed by atoms with Crippen molar-refractivity contribution in [3.63, 3.8) is 0 Å². The van der Waals surface area contributed by atoms with Gasteiger partial charge in [0.25, 0.3) is 5.91 Å². The predicted molar refractivity (Wildman–Crippen MR) is 92.9 cm³/mol. The summed E-state index contributed by atoms with van der Waals surface area (Å²) in [6.45, 7) is 6.81. The van der Waals surface area contributed by atoms with E-state index in [0.717, 1.165) is 19.3 Å². The van der Waals surface area contributed by atoms with E-state index < -0.39 is 5.91 Å². The minimum atomic E-state index is -0.470. The normalized spacial score (nSPS) is 17.2. The highest BCUT2D eigenvalue weighted by Crippen LogP contribution is 2.40. The molecule has 0 radical (unpaired) electrons. The van der Waals surface area contributed by atoms with Crippen LogP contribution in [-0.4, -0.2) is 11.8 Å². The van der Waals surface area contributed by atoms with Crippen molar-refractivity contribution < 1.29 is 14.0 Å². The number of hydrogen-bond donors (Lipinski definition) is 2. The highest BCUT2D eigenvalue weighted by Gasteiger charge is 2.30. The van der Waals surface area contributed by atoms with Crippen molar-refractivity contribution in [3.05, 3.63) is 45.5 Å². The highest BCUT2D eigenvalue weighted by atomic mass is 32.1. The number of amides is 2. The first-order valence-electron chi connectivity index (χ1n) is 8.10. The van der Waals surface area contributed by atoms with Crippen LogP contribution in [0.1, 0.15) is 57.9 Å². The lowest BCUT2D eigenvalue weighted by Gasteiger charge is -2.33. The quantitative estimate of drug-likeness (QED) is 0.817. The summed E-state index contributed by atoms with van der Waals surface area (Å²) in [5.74, 6) is 0.0343. The van der Waals surface area contributed by atoms with Gasteiger partial charge >= 0.3 is 5.91 Å². The largest absolute Gasteiger partial charge is 0.459 e. The van der Waals surface area contributed by atoms with Gasteiger partial charge in [0.05, 0.1) is 11.1 Å². The molecule has 3 rings (SSSR count). The Morgan fingerprint density at radius 2 is 2.00 bits per heavy atom. The van der Waals surface area contributed by atoms with Gasteiger partial charge in [0.2, 0.25) is 0 Å². The molecular formula is C18H22N2O3S. The molecule has 6 heteroatoms. The lowest BCUT2D eigenvalue weighted by Crippen LogP contribution is -2.41. The Kier molecular flexibility index (Phi) is 4.49. The van der Waals surface area contributed by atoms with Crippen LogP contribution in [0.15, 0.2) is 28.9 Å². The summed E-state index contributed by atoms with van der Waals surface area (Å²) < 4.78 is 4.98. The van der Waals surface area contributed by atoms with Gasteiger partial charge in [-0.15, -0.1) is 11.3 Å². The van der Waals surface area contributed by atoms with Gasteiger partial charge in [-0.1, -0.05) is 20.8 Å². The van der Waals surface area contributed by atoms with Crippen molar-refractivity contribution in [2.24, 2.45) is 11.3 Å². The maximum absolute atomic E-state index is 12.3. The highest BCUT2D eigenvalue weighted by molar-refractivity contribution is 7.14. The fraction of sp³-hybridized carbons (Fsp3) is 0.444. The summed E-state index contributed by atoms with van der Waals surface area (Å²) >= 11 is 1.52. The molecule has 0 saturated carbocycles. The first-order valence-corrected chi connectivity index (χ1v) is 8.92. The number of fused-ring (bicyclic) bond motifs is 1. The zero-order valence-electron chi connectivity index (χ0n) is 14.1. The first-order chi connectivity index (χ1) is 11.3. The van der Waals surface area contributed by atoms with Gasteiger partial charge in [-0.05, 0) is 54.4 Å². The first kappa shape index (κ1) is 16.8. The molecule has 0 aromatic carbocycles. The Morgan fingerprint density at radius 1 is 1.25 bits per heavy atom. The minimum Gasteiger partial charge on any atom is -0.459 e. The molecule has 5 nitrogen and oxygen atoms in total. The number of hydrogen-bond acceptors (Lipinski definition) is 4. The van der Waals surface area contributed by atoms with Crippen molar-refractivity contribution in [2.45, 2.75) is 40.0 Å². The molecular weight excluding hydrogens is 324 g/mol. The third kappa shape index (κ3) is 3.53. The van der Waals surface area contributed by atoms with Crippen molar-refractivity contribution >= 4 is 23.2 Å². The van der Waals surface area contributed by atoms with E-state index in [2.05, 4.69) is 31.6 Å². The van der Waals surface area contributed by atoms with Crippen LogP contribution < -0.4 is 10.9 Å². The van der Waals surface area contributed by atoms with Crippen LogP contribution in [-0.2, 0) is 12.8 Å². The molecule has 0 bridgehead atoms. The van der Waals surface area contributed by atoms with Crippen molar-refractivity contribution in [2.75, 3.05) is 0 Å². The topological polar surface area (TPSA) is 71.3 Å². The number of hydrazine groups is 1. The Bertz CT molecular complexity index is 741. The van der Waals surface area contributed by atoms with Crippen LogP contribution in [0.25, 0.3) is 0 Å². The molecule has 2 heterocycles. The van der Waals surface area contributed by atoms with E-state index in [-0.39, 0.29) is 17.1 Å². The Labute approximate surface area is 145 Å². The second-order valence-corrected chi connectivity index (χ2v) is 8.39. The summed E-state index contributed by atoms with van der Waals surface area (Å²) in [6, 6.07) is 5.12. The lowest BCUT2D eigenvalue weighted by atomic mass is 9.72. The van der Waals surface area contributed by atoms with E-state index in [9.17, 15) is 9.59 Å². The third-order valence-electron chi connectivity index (χ3n) is 4.57. The van der Waals surface area contributed by atoms with E-state index in [0.29, 0.717) is 10.8 Å². The number of furan rings is 1. The predicted octanol–water partition coefficient (Wildman–Crippen LogP) is 3.57. The Hall–Kier alpha value is -2.08. The van der Waals surface area contributed by atoms with Crippen LogP contribution in [0.5, 0.6) is 0 Å². The van der Waals surface area contributed by atoms with E-state index in [1.54, 1.807) is 6.07 Å². The van der Waals surface area contributed by atoms with E-state index in [1.165, 1.54) is 34.1 Å². The molecule has 1 atom stereocenters. The SMILES string of the molecule is CC(C)(C)C1CCc2sc(C(=O)NNC(=O)c3ccco3)cc2C1. The number of rotatable bonds is 2. The zero-order chi connectivity index (χ0) is 17.3. The zero-order valence-corrected chi connectivity index (χ0v) is 15.0. The van der Waals surface area contributed by atoms with Gasteiger partial charge in [0.15, 0.2) is 5.76 Å². The molecule has 0 saturated heterocycles. The molecule has 1 unspecified atom stereocenters. The summed E-state index contributed by atoms with van der Waals surface area (Å²) in [5.41, 5.74) is 6.37. The van der Waals surface area contributed by atoms with Crippen LogP contribution in [0, 0.1) is 11.3 Å². The molecule has 2 aromatic rings. The maximum Gasteiger partial charge on any atom is 0.305 e. The van der Waals surface area contributed by atoms with Gasteiger partial charge in [-0.2, -0.15) is 0 Å². The van der Waals surface area contributed by atoms with Crippen molar-refractivity contribution in [1.29, 1.82) is 0 Å². The summed E-state index contributed by atoms with van der Waals surface area (Å²) in [4.78, 5) is 26.0. The fourth-order valence-corrected chi connectivity index (χ4v) is 4.12. The van der Waals surface area contributed by atoms with Gasteiger partial charge in [-0.25, -0.2) is 0 Å². The molecule has 24 heavy (non-hydrogen) atoms. The molecule has 128 valence electrons. The number of nitrogens with one attached hydrogen (secondary N) is 2. The molecule has 2 N–H and O–H groups in total. The smallest absolute Gasteiger partial charge is 0.305 e. The average Bonchev–Trinajstić information content (AvgIpc) is 3.19.